The lowest BCUT2D eigenvalue weighted by Crippen LogP contribution is -2.22. The second kappa shape index (κ2) is 13.7. The second-order valence-electron chi connectivity index (χ2n) is 7.87. The third-order valence-corrected chi connectivity index (χ3v) is 7.31. The molecule has 1 aliphatic carbocycles. The van der Waals surface area contributed by atoms with Gasteiger partial charge in [-0.05, 0) is 37.4 Å². The van der Waals surface area contributed by atoms with Gasteiger partial charge in [0.15, 0.2) is 0 Å². The van der Waals surface area contributed by atoms with E-state index in [-0.39, 0.29) is 0 Å². The first-order chi connectivity index (χ1) is 12.4. The molecule has 0 spiro atoms. The monoisotopic (exact) mass is 364 g/mol. The van der Waals surface area contributed by atoms with Crippen LogP contribution in [0.1, 0.15) is 96.8 Å². The molecule has 3 heteroatoms. The maximum Gasteiger partial charge on any atom is 0.0945 e. The van der Waals surface area contributed by atoms with E-state index in [4.69, 9.17) is 0 Å². The van der Waals surface area contributed by atoms with Gasteiger partial charge in [-0.25, -0.2) is 4.98 Å². The van der Waals surface area contributed by atoms with Crippen molar-refractivity contribution in [3.8, 4) is 0 Å². The number of hydrogen-bond acceptors (Lipinski definition) is 2. The Kier molecular flexibility index (Phi) is 11.5. The molecule has 2 rings (SSSR count). The van der Waals surface area contributed by atoms with Crippen molar-refractivity contribution in [1.29, 1.82) is 0 Å². The third-order valence-electron chi connectivity index (χ3n) is 5.74. The lowest BCUT2D eigenvalue weighted by atomic mass is 9.86. The Bertz CT molecular complexity index is 398. The van der Waals surface area contributed by atoms with Crippen LogP contribution in [0.5, 0.6) is 0 Å². The molecule has 1 heterocycles. The van der Waals surface area contributed by atoms with Crippen LogP contribution in [0.15, 0.2) is 18.7 Å². The van der Waals surface area contributed by atoms with Gasteiger partial charge >= 0.3 is 0 Å². The number of thioether (sulfide) groups is 1. The highest BCUT2D eigenvalue weighted by Gasteiger charge is 2.23. The highest BCUT2D eigenvalue weighted by Crippen LogP contribution is 2.35. The molecular weight excluding hydrogens is 324 g/mol. The standard InChI is InChI=1S/C22H40N2S/c1-2-3-4-5-6-7-8-12-19-25-22(21-13-10-9-11-14-21)15-17-24-18-16-23-20-24/h16,18,20-22H,2-15,17,19H2,1H3. The summed E-state index contributed by atoms with van der Waals surface area (Å²) in [6.45, 7) is 3.44. The number of aromatic nitrogens is 2. The summed E-state index contributed by atoms with van der Waals surface area (Å²) in [6.07, 6.45) is 26.1. The SMILES string of the molecule is CCCCCCCCCCSC(CCn1ccnc1)C1CCCCC1. The molecule has 144 valence electrons. The van der Waals surface area contributed by atoms with E-state index < -0.39 is 0 Å². The van der Waals surface area contributed by atoms with E-state index in [0.717, 1.165) is 17.7 Å². The Balaban J connectivity index is 1.60. The van der Waals surface area contributed by atoms with Gasteiger partial charge in [0.1, 0.15) is 0 Å². The highest BCUT2D eigenvalue weighted by molar-refractivity contribution is 7.99. The van der Waals surface area contributed by atoms with Gasteiger partial charge < -0.3 is 4.57 Å². The van der Waals surface area contributed by atoms with Crippen molar-refractivity contribution in [1.82, 2.24) is 9.55 Å². The summed E-state index contributed by atoms with van der Waals surface area (Å²) < 4.78 is 2.26. The van der Waals surface area contributed by atoms with Gasteiger partial charge in [-0.15, -0.1) is 0 Å². The Labute approximate surface area is 160 Å². The van der Waals surface area contributed by atoms with Crippen LogP contribution in [0.25, 0.3) is 0 Å². The minimum atomic E-state index is 0.868. The van der Waals surface area contributed by atoms with E-state index in [1.54, 1.807) is 0 Å². The zero-order chi connectivity index (χ0) is 17.6. The Morgan fingerprint density at radius 2 is 1.72 bits per heavy atom. The molecule has 0 aliphatic heterocycles. The molecule has 2 nitrogen and oxygen atoms in total. The number of rotatable bonds is 14. The van der Waals surface area contributed by atoms with Gasteiger partial charge in [-0.1, -0.05) is 71.1 Å². The van der Waals surface area contributed by atoms with Crippen LogP contribution >= 0.6 is 11.8 Å². The number of aryl methyl sites for hydroxylation is 1. The lowest BCUT2D eigenvalue weighted by Gasteiger charge is -2.30. The topological polar surface area (TPSA) is 17.8 Å². The zero-order valence-electron chi connectivity index (χ0n) is 16.5. The molecule has 25 heavy (non-hydrogen) atoms. The summed E-state index contributed by atoms with van der Waals surface area (Å²) >= 11 is 2.29. The van der Waals surface area contributed by atoms with Crippen molar-refractivity contribution in [3.63, 3.8) is 0 Å². The number of unbranched alkanes of at least 4 members (excludes halogenated alkanes) is 7. The highest BCUT2D eigenvalue weighted by atomic mass is 32.2. The summed E-state index contributed by atoms with van der Waals surface area (Å²) in [5.74, 6) is 2.34. The molecule has 1 saturated carbocycles. The Hall–Kier alpha value is -0.440. The van der Waals surface area contributed by atoms with Gasteiger partial charge in [0.05, 0.1) is 6.33 Å². The van der Waals surface area contributed by atoms with Crippen LogP contribution in [0.3, 0.4) is 0 Å². The molecular formula is C22H40N2S. The summed E-state index contributed by atoms with van der Waals surface area (Å²) in [5.41, 5.74) is 0. The molecule has 0 radical (unpaired) electrons. The zero-order valence-corrected chi connectivity index (χ0v) is 17.3. The van der Waals surface area contributed by atoms with Gasteiger partial charge in [-0.3, -0.25) is 0 Å². The second-order valence-corrected chi connectivity index (χ2v) is 9.22. The van der Waals surface area contributed by atoms with Gasteiger partial charge in [0.25, 0.3) is 0 Å². The van der Waals surface area contributed by atoms with E-state index in [1.165, 1.54) is 95.6 Å². The van der Waals surface area contributed by atoms with Crippen molar-refractivity contribution in [2.75, 3.05) is 5.75 Å². The summed E-state index contributed by atoms with van der Waals surface area (Å²) in [4.78, 5) is 4.19. The molecule has 1 aromatic rings. The van der Waals surface area contributed by atoms with Gasteiger partial charge in [0, 0.05) is 24.2 Å². The van der Waals surface area contributed by atoms with Crippen LogP contribution in [-0.2, 0) is 6.54 Å². The molecule has 1 unspecified atom stereocenters. The summed E-state index contributed by atoms with van der Waals surface area (Å²) in [7, 11) is 0. The van der Waals surface area contributed by atoms with Crippen molar-refractivity contribution in [2.24, 2.45) is 5.92 Å². The maximum absolute atomic E-state index is 4.19. The van der Waals surface area contributed by atoms with E-state index in [1.807, 2.05) is 12.5 Å². The predicted molar refractivity (Wildman–Crippen MR) is 112 cm³/mol. The van der Waals surface area contributed by atoms with E-state index in [9.17, 15) is 0 Å². The van der Waals surface area contributed by atoms with Crippen LogP contribution in [0, 0.1) is 5.92 Å². The van der Waals surface area contributed by atoms with Crippen molar-refractivity contribution in [2.45, 2.75) is 109 Å². The first-order valence-electron chi connectivity index (χ1n) is 11.0. The normalized spacial score (nSPS) is 17.0. The minimum Gasteiger partial charge on any atom is -0.337 e. The lowest BCUT2D eigenvalue weighted by molar-refractivity contribution is 0.335. The molecule has 1 atom stereocenters. The van der Waals surface area contributed by atoms with Gasteiger partial charge in [0.2, 0.25) is 0 Å². The Morgan fingerprint density at radius 3 is 2.40 bits per heavy atom. The molecule has 0 amide bonds. The van der Waals surface area contributed by atoms with E-state index in [2.05, 4.69) is 34.4 Å². The minimum absolute atomic E-state index is 0.868. The molecule has 0 saturated heterocycles. The van der Waals surface area contributed by atoms with Crippen LogP contribution in [0.4, 0.5) is 0 Å². The third kappa shape index (κ3) is 9.17. The van der Waals surface area contributed by atoms with E-state index in [0.29, 0.717) is 0 Å². The fourth-order valence-corrected chi connectivity index (χ4v) is 5.62. The predicted octanol–water partition coefficient (Wildman–Crippen LogP) is 7.10. The first-order valence-corrected chi connectivity index (χ1v) is 12.0. The summed E-state index contributed by atoms with van der Waals surface area (Å²) in [6, 6.07) is 0. The first kappa shape index (κ1) is 20.9. The van der Waals surface area contributed by atoms with E-state index >= 15 is 0 Å². The fraction of sp³-hybridized carbons (Fsp3) is 0.864. The smallest absolute Gasteiger partial charge is 0.0945 e. The molecule has 1 fully saturated rings. The van der Waals surface area contributed by atoms with Crippen molar-refractivity contribution in [3.05, 3.63) is 18.7 Å². The molecule has 0 N–H and O–H groups in total. The quantitative estimate of drug-likeness (QED) is 0.328. The average Bonchev–Trinajstić information content (AvgIpc) is 3.17. The molecule has 0 bridgehead atoms. The number of imidazole rings is 1. The summed E-state index contributed by atoms with van der Waals surface area (Å²) in [5, 5.41) is 0.868. The molecule has 1 aliphatic rings. The van der Waals surface area contributed by atoms with Crippen molar-refractivity contribution < 1.29 is 0 Å². The van der Waals surface area contributed by atoms with Crippen LogP contribution < -0.4 is 0 Å². The number of hydrogen-bond donors (Lipinski definition) is 0. The number of nitrogens with zero attached hydrogens (tertiary/aromatic N) is 2. The van der Waals surface area contributed by atoms with Crippen LogP contribution in [-0.4, -0.2) is 20.6 Å². The fourth-order valence-electron chi connectivity index (χ4n) is 4.13. The molecule has 0 aromatic carbocycles. The Morgan fingerprint density at radius 1 is 1.00 bits per heavy atom. The average molecular weight is 365 g/mol. The van der Waals surface area contributed by atoms with Crippen molar-refractivity contribution >= 4 is 11.8 Å². The molecule has 1 aromatic heterocycles. The van der Waals surface area contributed by atoms with Gasteiger partial charge in [-0.2, -0.15) is 11.8 Å². The van der Waals surface area contributed by atoms with Crippen LogP contribution in [0.2, 0.25) is 0 Å². The largest absolute Gasteiger partial charge is 0.337 e. The maximum atomic E-state index is 4.19.